The van der Waals surface area contributed by atoms with Crippen LogP contribution in [0.1, 0.15) is 36.2 Å². The molecule has 0 heterocycles. The van der Waals surface area contributed by atoms with Gasteiger partial charge in [-0.3, -0.25) is 15.0 Å². The Balaban J connectivity index is 0.00000185. The van der Waals surface area contributed by atoms with Crippen molar-refractivity contribution < 1.29 is 15.5 Å². The maximum absolute atomic E-state index is 11.4. The molecule has 5 N–H and O–H groups in total. The summed E-state index contributed by atoms with van der Waals surface area (Å²) in [6.45, 7) is 4.00. The molecule has 0 atom stereocenters. The van der Waals surface area contributed by atoms with E-state index >= 15 is 0 Å². The maximum Gasteiger partial charge on any atom is 0.274 e. The van der Waals surface area contributed by atoms with Gasteiger partial charge in [0, 0.05) is 18.8 Å². The van der Waals surface area contributed by atoms with E-state index in [0.717, 1.165) is 18.5 Å². The van der Waals surface area contributed by atoms with Gasteiger partial charge in [0.25, 0.3) is 5.91 Å². The van der Waals surface area contributed by atoms with Crippen molar-refractivity contribution in [1.82, 2.24) is 5.48 Å². The highest BCUT2D eigenvalue weighted by molar-refractivity contribution is 5.95. The molecule has 0 spiro atoms. The minimum absolute atomic E-state index is 0. The summed E-state index contributed by atoms with van der Waals surface area (Å²) in [6.07, 6.45) is 3.56. The number of anilines is 1. The lowest BCUT2D eigenvalue weighted by Crippen LogP contribution is -2.18. The number of nitrogens with zero attached hydrogens (tertiary/aromatic N) is 1. The highest BCUT2D eigenvalue weighted by Crippen LogP contribution is 2.25. The van der Waals surface area contributed by atoms with Crippen LogP contribution in [0.3, 0.4) is 0 Å². The summed E-state index contributed by atoms with van der Waals surface area (Å²) in [6, 6.07) is 15.2. The molecule has 0 fully saturated rings. The molecule has 0 aliphatic carbocycles. The summed E-state index contributed by atoms with van der Waals surface area (Å²) in [5.74, 6) is -0.552. The van der Waals surface area contributed by atoms with Crippen LogP contribution < -0.4 is 10.8 Å². The van der Waals surface area contributed by atoms with Crippen LogP contribution in [0.4, 0.5) is 11.4 Å². The largest absolute Gasteiger partial charge is 0.412 e. The first-order valence-electron chi connectivity index (χ1n) is 8.07. The number of carbonyl (C=O) groups is 1. The van der Waals surface area contributed by atoms with Crippen molar-refractivity contribution >= 4 is 23.5 Å². The maximum atomic E-state index is 11.4. The van der Waals surface area contributed by atoms with E-state index in [0.29, 0.717) is 11.3 Å². The molecule has 0 saturated heterocycles. The fraction of sp³-hybridized carbons (Fsp3) is 0.263. The third-order valence-corrected chi connectivity index (χ3v) is 3.27. The Morgan fingerprint density at radius 3 is 2.44 bits per heavy atom. The Kier molecular flexibility index (Phi) is 11.3. The van der Waals surface area contributed by atoms with Crippen LogP contribution in [0.5, 0.6) is 0 Å². The van der Waals surface area contributed by atoms with Gasteiger partial charge in [-0.15, -0.1) is 0 Å². The first kappa shape index (κ1) is 22.3. The Hall–Kier alpha value is -2.70. The van der Waals surface area contributed by atoms with Gasteiger partial charge in [-0.1, -0.05) is 44.2 Å². The number of carbonyl (C=O) groups excluding carboxylic acids is 1. The third-order valence-electron chi connectivity index (χ3n) is 3.27. The van der Waals surface area contributed by atoms with E-state index in [2.05, 4.69) is 22.4 Å². The van der Waals surface area contributed by atoms with Crippen LogP contribution in [-0.2, 0) is 6.42 Å². The molecule has 6 nitrogen and oxygen atoms in total. The van der Waals surface area contributed by atoms with Gasteiger partial charge in [0.1, 0.15) is 0 Å². The van der Waals surface area contributed by atoms with Crippen molar-refractivity contribution in [1.29, 1.82) is 0 Å². The zero-order chi connectivity index (χ0) is 17.8. The van der Waals surface area contributed by atoms with E-state index in [1.165, 1.54) is 5.56 Å². The van der Waals surface area contributed by atoms with Gasteiger partial charge in [-0.05, 0) is 36.6 Å². The highest BCUT2D eigenvalue weighted by atomic mass is 16.5. The Morgan fingerprint density at radius 1 is 1.16 bits per heavy atom. The van der Waals surface area contributed by atoms with Crippen molar-refractivity contribution in [2.75, 3.05) is 12.4 Å². The summed E-state index contributed by atoms with van der Waals surface area (Å²) in [7, 11) is 1.80. The summed E-state index contributed by atoms with van der Waals surface area (Å²) >= 11 is 0. The van der Waals surface area contributed by atoms with E-state index < -0.39 is 5.91 Å². The number of rotatable bonds is 6. The molecule has 6 heteroatoms. The molecule has 2 aromatic carbocycles. The van der Waals surface area contributed by atoms with Gasteiger partial charge in [0.05, 0.1) is 11.4 Å². The normalized spacial score (nSPS) is 9.60. The van der Waals surface area contributed by atoms with Crippen LogP contribution in [0, 0.1) is 0 Å². The second-order valence-electron chi connectivity index (χ2n) is 4.76. The van der Waals surface area contributed by atoms with Crippen LogP contribution in [0.2, 0.25) is 0 Å². The molecule has 136 valence electrons. The van der Waals surface area contributed by atoms with Gasteiger partial charge in [0.2, 0.25) is 0 Å². The minimum atomic E-state index is -0.552. The standard InChI is InChI=1S/C17H19N3O2.C2H6.H2O/c1-18-15-10-9-14(17(21)20-22)12-16(15)19-11-5-8-13-6-3-2-4-7-13;1-2;/h2-4,6-7,9-12,18,22H,5,8H2,1H3,(H,20,21);1-2H3;1H2. The summed E-state index contributed by atoms with van der Waals surface area (Å²) < 4.78 is 0. The molecule has 0 aliphatic heterocycles. The Bertz CT molecular complexity index is 658. The van der Waals surface area contributed by atoms with Crippen LogP contribution in [-0.4, -0.2) is 29.9 Å². The molecule has 0 saturated carbocycles. The van der Waals surface area contributed by atoms with Gasteiger partial charge in [-0.2, -0.15) is 0 Å². The lowest BCUT2D eigenvalue weighted by Gasteiger charge is -2.07. The number of aryl methyl sites for hydroxylation is 1. The fourth-order valence-corrected chi connectivity index (χ4v) is 2.09. The molecule has 0 bridgehead atoms. The first-order valence-corrected chi connectivity index (χ1v) is 8.07. The Labute approximate surface area is 148 Å². The number of nitrogens with one attached hydrogen (secondary N) is 2. The lowest BCUT2D eigenvalue weighted by atomic mass is 10.1. The minimum Gasteiger partial charge on any atom is -0.412 e. The molecule has 1 amide bonds. The van der Waals surface area contributed by atoms with Gasteiger partial charge >= 0.3 is 0 Å². The van der Waals surface area contributed by atoms with Crippen LogP contribution in [0.25, 0.3) is 0 Å². The molecular weight excluding hydrogens is 318 g/mol. The predicted octanol–water partition coefficient (Wildman–Crippen LogP) is 3.38. The summed E-state index contributed by atoms with van der Waals surface area (Å²) in [4.78, 5) is 15.9. The number of hydrogen-bond acceptors (Lipinski definition) is 4. The smallest absolute Gasteiger partial charge is 0.274 e. The number of hydroxylamine groups is 1. The number of hydrogen-bond donors (Lipinski definition) is 3. The van der Waals surface area contributed by atoms with Gasteiger partial charge < -0.3 is 10.8 Å². The number of benzene rings is 2. The first-order chi connectivity index (χ1) is 11.7. The quantitative estimate of drug-likeness (QED) is 0.424. The molecule has 0 aromatic heterocycles. The van der Waals surface area contributed by atoms with Crippen molar-refractivity contribution in [3.05, 3.63) is 59.7 Å². The zero-order valence-corrected chi connectivity index (χ0v) is 14.9. The monoisotopic (exact) mass is 345 g/mol. The predicted molar refractivity (Wildman–Crippen MR) is 103 cm³/mol. The lowest BCUT2D eigenvalue weighted by molar-refractivity contribution is 0.0706. The van der Waals surface area contributed by atoms with Gasteiger partial charge in [0.15, 0.2) is 0 Å². The van der Waals surface area contributed by atoms with Crippen LogP contribution in [0.15, 0.2) is 53.5 Å². The van der Waals surface area contributed by atoms with Crippen LogP contribution >= 0.6 is 0 Å². The average molecular weight is 345 g/mol. The van der Waals surface area contributed by atoms with Crippen molar-refractivity contribution in [3.8, 4) is 0 Å². The third kappa shape index (κ3) is 7.15. The van der Waals surface area contributed by atoms with E-state index in [4.69, 9.17) is 5.21 Å². The molecule has 2 aromatic rings. The fourth-order valence-electron chi connectivity index (χ4n) is 2.09. The molecule has 2 rings (SSSR count). The van der Waals surface area contributed by atoms with Crippen molar-refractivity contribution in [3.63, 3.8) is 0 Å². The van der Waals surface area contributed by atoms with Gasteiger partial charge in [-0.25, -0.2) is 5.48 Å². The van der Waals surface area contributed by atoms with Crippen molar-refractivity contribution in [2.45, 2.75) is 26.7 Å². The molecule has 0 unspecified atom stereocenters. The highest BCUT2D eigenvalue weighted by Gasteiger charge is 2.07. The summed E-state index contributed by atoms with van der Waals surface area (Å²) in [5, 5.41) is 11.7. The zero-order valence-electron chi connectivity index (χ0n) is 14.9. The summed E-state index contributed by atoms with van der Waals surface area (Å²) in [5.41, 5.74) is 4.73. The second-order valence-corrected chi connectivity index (χ2v) is 4.76. The van der Waals surface area contributed by atoms with E-state index in [1.807, 2.05) is 38.3 Å². The topological polar surface area (TPSA) is 105 Å². The van der Waals surface area contributed by atoms with E-state index in [9.17, 15) is 4.79 Å². The molecule has 25 heavy (non-hydrogen) atoms. The molecular formula is C19H27N3O3. The SMILES string of the molecule is CC.CNc1ccc(C(=O)NO)cc1N=CCCc1ccccc1.O. The molecule has 0 aliphatic rings. The number of aliphatic imine (C=N–C) groups is 1. The van der Waals surface area contributed by atoms with Crippen molar-refractivity contribution in [2.24, 2.45) is 4.99 Å². The van der Waals surface area contributed by atoms with E-state index in [-0.39, 0.29) is 5.48 Å². The second kappa shape index (κ2) is 12.7. The molecule has 0 radical (unpaired) electrons. The van der Waals surface area contributed by atoms with E-state index in [1.54, 1.807) is 30.7 Å². The number of amides is 1. The Morgan fingerprint density at radius 2 is 1.84 bits per heavy atom. The average Bonchev–Trinajstić information content (AvgIpc) is 2.66.